The molecule has 0 aliphatic heterocycles. The first-order valence-corrected chi connectivity index (χ1v) is 4.39. The maximum atomic E-state index is 11.0. The van der Waals surface area contributed by atoms with E-state index in [0.29, 0.717) is 0 Å². The van der Waals surface area contributed by atoms with Gasteiger partial charge in [0.15, 0.2) is 0 Å². The Balaban J connectivity index is 3.46. The van der Waals surface area contributed by atoms with Gasteiger partial charge in [0.2, 0.25) is 0 Å². The van der Waals surface area contributed by atoms with Gasteiger partial charge in [-0.25, -0.2) is 0 Å². The largest absolute Gasteiger partial charge is 0.465 e. The fourth-order valence-corrected chi connectivity index (χ4v) is 0.645. The molecule has 1 unspecified atom stereocenters. The van der Waals surface area contributed by atoms with Crippen LogP contribution in [-0.4, -0.2) is 24.6 Å². The molecule has 0 heterocycles. The van der Waals surface area contributed by atoms with E-state index in [1.54, 1.807) is 0 Å². The normalized spacial score (nSPS) is 11.9. The maximum absolute atomic E-state index is 11.0. The number of hydrogen-bond acceptors (Lipinski definition) is 4. The van der Waals surface area contributed by atoms with E-state index in [0.717, 1.165) is 6.42 Å². The van der Waals surface area contributed by atoms with Crippen LogP contribution in [-0.2, 0) is 19.1 Å². The molecule has 4 nitrogen and oxygen atoms in total. The van der Waals surface area contributed by atoms with E-state index in [-0.39, 0.29) is 31.1 Å². The second kappa shape index (κ2) is 6.46. The minimum absolute atomic E-state index is 0.0650. The van der Waals surface area contributed by atoms with Crippen molar-refractivity contribution in [2.24, 2.45) is 0 Å². The molecular weight excluding hydrogens is 172 g/mol. The average molecular weight is 188 g/mol. The molecule has 0 aliphatic rings. The van der Waals surface area contributed by atoms with Crippen LogP contribution in [0, 0.1) is 0 Å². The van der Waals surface area contributed by atoms with Gasteiger partial charge in [-0.1, -0.05) is 6.92 Å². The molecule has 0 aromatic heterocycles. The van der Waals surface area contributed by atoms with E-state index in [4.69, 9.17) is 4.74 Å². The van der Waals surface area contributed by atoms with E-state index >= 15 is 0 Å². The smallest absolute Gasteiger partial charge is 0.309 e. The van der Waals surface area contributed by atoms with Gasteiger partial charge in [-0.2, -0.15) is 0 Å². The van der Waals surface area contributed by atoms with Crippen LogP contribution in [0.25, 0.3) is 0 Å². The van der Waals surface area contributed by atoms with Crippen molar-refractivity contribution in [1.82, 2.24) is 0 Å². The summed E-state index contributed by atoms with van der Waals surface area (Å²) in [6.45, 7) is 5.17. The topological polar surface area (TPSA) is 52.6 Å². The maximum Gasteiger partial charge on any atom is 0.309 e. The first kappa shape index (κ1) is 11.9. The molecular formula is C9H16O4. The standard InChI is InChI=1S/C9H16O4/c1-4-7(2)13-9(11)5-6-12-8(3)10/h7H,4-6H2,1-3H3. The predicted octanol–water partition coefficient (Wildman–Crippen LogP) is 1.28. The second-order valence-electron chi connectivity index (χ2n) is 2.80. The van der Waals surface area contributed by atoms with E-state index in [9.17, 15) is 9.59 Å². The van der Waals surface area contributed by atoms with E-state index in [1.807, 2.05) is 13.8 Å². The van der Waals surface area contributed by atoms with Crippen LogP contribution >= 0.6 is 0 Å². The van der Waals surface area contributed by atoms with Crippen molar-refractivity contribution in [3.63, 3.8) is 0 Å². The summed E-state index contributed by atoms with van der Waals surface area (Å²) in [5.74, 6) is -0.702. The summed E-state index contributed by atoms with van der Waals surface area (Å²) >= 11 is 0. The molecule has 0 bridgehead atoms. The Hall–Kier alpha value is -1.06. The van der Waals surface area contributed by atoms with Crippen molar-refractivity contribution >= 4 is 11.9 Å². The summed E-state index contributed by atoms with van der Waals surface area (Å²) in [4.78, 5) is 21.3. The van der Waals surface area contributed by atoms with Gasteiger partial charge in [0.25, 0.3) is 0 Å². The van der Waals surface area contributed by atoms with Crippen LogP contribution in [0.5, 0.6) is 0 Å². The Morgan fingerprint density at radius 2 is 2.00 bits per heavy atom. The third kappa shape index (κ3) is 7.31. The number of carbonyl (C=O) groups excluding carboxylic acids is 2. The second-order valence-corrected chi connectivity index (χ2v) is 2.80. The first-order chi connectivity index (χ1) is 6.06. The zero-order valence-electron chi connectivity index (χ0n) is 8.33. The Morgan fingerprint density at radius 3 is 2.46 bits per heavy atom. The number of carbonyl (C=O) groups is 2. The highest BCUT2D eigenvalue weighted by Crippen LogP contribution is 1.98. The van der Waals surface area contributed by atoms with Crippen LogP contribution < -0.4 is 0 Å². The molecule has 0 aliphatic carbocycles. The third-order valence-corrected chi connectivity index (χ3v) is 1.52. The van der Waals surface area contributed by atoms with Crippen molar-refractivity contribution in [2.45, 2.75) is 39.7 Å². The first-order valence-electron chi connectivity index (χ1n) is 4.39. The lowest BCUT2D eigenvalue weighted by atomic mass is 10.3. The Kier molecular flexibility index (Phi) is 5.93. The SMILES string of the molecule is CCC(C)OC(=O)CCOC(C)=O. The Labute approximate surface area is 78.2 Å². The van der Waals surface area contributed by atoms with Crippen LogP contribution in [0.1, 0.15) is 33.6 Å². The zero-order valence-corrected chi connectivity index (χ0v) is 8.33. The fourth-order valence-electron chi connectivity index (χ4n) is 0.645. The molecule has 1 atom stereocenters. The fraction of sp³-hybridized carbons (Fsp3) is 0.778. The minimum Gasteiger partial charge on any atom is -0.465 e. The quantitative estimate of drug-likeness (QED) is 0.610. The van der Waals surface area contributed by atoms with Crippen LogP contribution in [0.15, 0.2) is 0 Å². The molecule has 4 heteroatoms. The summed E-state index contributed by atoms with van der Waals surface area (Å²) in [7, 11) is 0. The van der Waals surface area contributed by atoms with E-state index in [2.05, 4.69) is 4.74 Å². The molecule has 0 aromatic carbocycles. The molecule has 0 fully saturated rings. The highest BCUT2D eigenvalue weighted by Gasteiger charge is 2.07. The highest BCUT2D eigenvalue weighted by atomic mass is 16.6. The van der Waals surface area contributed by atoms with E-state index < -0.39 is 0 Å². The third-order valence-electron chi connectivity index (χ3n) is 1.52. The van der Waals surface area contributed by atoms with Crippen LogP contribution in [0.4, 0.5) is 0 Å². The summed E-state index contributed by atoms with van der Waals surface area (Å²) in [5.41, 5.74) is 0. The molecule has 0 radical (unpaired) electrons. The average Bonchev–Trinajstić information content (AvgIpc) is 2.03. The van der Waals surface area contributed by atoms with Gasteiger partial charge < -0.3 is 9.47 Å². The van der Waals surface area contributed by atoms with Gasteiger partial charge in [0, 0.05) is 6.92 Å². The van der Waals surface area contributed by atoms with Gasteiger partial charge in [-0.15, -0.1) is 0 Å². The van der Waals surface area contributed by atoms with Crippen molar-refractivity contribution in [1.29, 1.82) is 0 Å². The van der Waals surface area contributed by atoms with Crippen LogP contribution in [0.3, 0.4) is 0 Å². The summed E-state index contributed by atoms with van der Waals surface area (Å²) in [6.07, 6.45) is 0.855. The summed E-state index contributed by atoms with van der Waals surface area (Å²) < 4.78 is 9.54. The molecule has 76 valence electrons. The van der Waals surface area contributed by atoms with Crippen molar-refractivity contribution in [2.75, 3.05) is 6.61 Å². The van der Waals surface area contributed by atoms with Gasteiger partial charge >= 0.3 is 11.9 Å². The molecule has 0 amide bonds. The molecule has 0 spiro atoms. The number of ether oxygens (including phenoxy) is 2. The van der Waals surface area contributed by atoms with Gasteiger partial charge in [0.1, 0.15) is 6.61 Å². The summed E-state index contributed by atoms with van der Waals surface area (Å²) in [5, 5.41) is 0. The predicted molar refractivity (Wildman–Crippen MR) is 47.1 cm³/mol. The molecule has 0 saturated heterocycles. The van der Waals surface area contributed by atoms with Crippen LogP contribution in [0.2, 0.25) is 0 Å². The Bertz CT molecular complexity index is 176. The summed E-state index contributed by atoms with van der Waals surface area (Å²) in [6, 6.07) is 0. The van der Waals surface area contributed by atoms with E-state index in [1.165, 1.54) is 6.92 Å². The minimum atomic E-state index is -0.378. The van der Waals surface area contributed by atoms with Gasteiger partial charge in [-0.05, 0) is 13.3 Å². The number of hydrogen-bond donors (Lipinski definition) is 0. The lowest BCUT2D eigenvalue weighted by Crippen LogP contribution is -2.16. The Morgan fingerprint density at radius 1 is 1.38 bits per heavy atom. The van der Waals surface area contributed by atoms with Gasteiger partial charge in [-0.3, -0.25) is 9.59 Å². The van der Waals surface area contributed by atoms with Crippen molar-refractivity contribution in [3.8, 4) is 0 Å². The monoisotopic (exact) mass is 188 g/mol. The lowest BCUT2D eigenvalue weighted by Gasteiger charge is -2.10. The zero-order chi connectivity index (χ0) is 10.3. The lowest BCUT2D eigenvalue weighted by molar-refractivity contribution is -0.151. The molecule has 0 aromatic rings. The molecule has 0 N–H and O–H groups in total. The van der Waals surface area contributed by atoms with Gasteiger partial charge in [0.05, 0.1) is 12.5 Å². The van der Waals surface area contributed by atoms with Crippen molar-refractivity contribution < 1.29 is 19.1 Å². The molecule has 0 rings (SSSR count). The van der Waals surface area contributed by atoms with Crippen molar-refractivity contribution in [3.05, 3.63) is 0 Å². The molecule has 0 saturated carbocycles. The molecule has 13 heavy (non-hydrogen) atoms. The highest BCUT2D eigenvalue weighted by molar-refractivity contribution is 5.70. The number of esters is 2. The number of rotatable bonds is 5.